The van der Waals surface area contributed by atoms with Gasteiger partial charge in [-0.05, 0) is 67.7 Å². The van der Waals surface area contributed by atoms with Crippen LogP contribution >= 0.6 is 0 Å². The van der Waals surface area contributed by atoms with Crippen molar-refractivity contribution < 1.29 is 4.42 Å². The van der Waals surface area contributed by atoms with E-state index in [1.807, 2.05) is 48.5 Å². The van der Waals surface area contributed by atoms with Gasteiger partial charge in [0.25, 0.3) is 0 Å². The Hall–Kier alpha value is -6.65. The number of hydrogen-bond acceptors (Lipinski definition) is 4. The molecule has 0 radical (unpaired) electrons. The van der Waals surface area contributed by atoms with E-state index in [2.05, 4.69) is 115 Å². The largest absolute Gasteiger partial charge is 0.456 e. The summed E-state index contributed by atoms with van der Waals surface area (Å²) >= 11 is 0. The summed E-state index contributed by atoms with van der Waals surface area (Å²) in [4.78, 5) is 15.6. The molecule has 4 heteroatoms. The van der Waals surface area contributed by atoms with E-state index >= 15 is 0 Å². The maximum atomic E-state index is 6.53. The standard InChI is InChI=1S/C45H27N3O/c1-2-13-29(14-3-1)43-46-44(48-45(47-43)38-27-31-16-6-7-17-33(31)35-18-8-9-19-36(35)38)37-21-11-23-40-42(37)41-34(20-10-22-39(41)49-40)32-25-24-28-12-4-5-15-30(28)26-32/h1-27H. The molecule has 2 heterocycles. The minimum absolute atomic E-state index is 0.600. The molecule has 10 rings (SSSR count). The molecule has 0 saturated carbocycles. The van der Waals surface area contributed by atoms with E-state index < -0.39 is 0 Å². The van der Waals surface area contributed by atoms with Crippen molar-refractivity contribution >= 4 is 54.3 Å². The molecule has 2 aromatic heterocycles. The van der Waals surface area contributed by atoms with Crippen LogP contribution in [-0.4, -0.2) is 15.0 Å². The van der Waals surface area contributed by atoms with Gasteiger partial charge in [-0.2, -0.15) is 0 Å². The third kappa shape index (κ3) is 4.49. The van der Waals surface area contributed by atoms with E-state index in [0.29, 0.717) is 17.5 Å². The molecule has 49 heavy (non-hydrogen) atoms. The van der Waals surface area contributed by atoms with Crippen LogP contribution in [0.3, 0.4) is 0 Å². The number of aromatic nitrogens is 3. The number of fused-ring (bicyclic) bond motifs is 7. The van der Waals surface area contributed by atoms with Gasteiger partial charge in [0.2, 0.25) is 0 Å². The Morgan fingerprint density at radius 3 is 1.71 bits per heavy atom. The van der Waals surface area contributed by atoms with Crippen molar-refractivity contribution in [2.45, 2.75) is 0 Å². The zero-order valence-electron chi connectivity index (χ0n) is 26.3. The van der Waals surface area contributed by atoms with Crippen LogP contribution in [0.5, 0.6) is 0 Å². The molecule has 10 aromatic rings. The van der Waals surface area contributed by atoms with Crippen LogP contribution in [0.4, 0.5) is 0 Å². The fourth-order valence-corrected chi connectivity index (χ4v) is 7.22. The Morgan fingerprint density at radius 1 is 0.327 bits per heavy atom. The van der Waals surface area contributed by atoms with Crippen LogP contribution in [0.25, 0.3) is 99.5 Å². The molecule has 0 bridgehead atoms. The summed E-state index contributed by atoms with van der Waals surface area (Å²) < 4.78 is 6.53. The average molecular weight is 626 g/mol. The molecule has 0 aliphatic heterocycles. The van der Waals surface area contributed by atoms with E-state index in [1.54, 1.807) is 0 Å². The van der Waals surface area contributed by atoms with Crippen molar-refractivity contribution in [3.8, 4) is 45.3 Å². The van der Waals surface area contributed by atoms with E-state index in [4.69, 9.17) is 19.4 Å². The molecule has 0 aliphatic rings. The highest BCUT2D eigenvalue weighted by molar-refractivity contribution is 6.18. The molecule has 228 valence electrons. The van der Waals surface area contributed by atoms with Crippen molar-refractivity contribution in [2.24, 2.45) is 0 Å². The normalized spacial score (nSPS) is 11.7. The second-order valence-corrected chi connectivity index (χ2v) is 12.4. The van der Waals surface area contributed by atoms with Crippen molar-refractivity contribution in [1.82, 2.24) is 15.0 Å². The molecule has 0 fully saturated rings. The van der Waals surface area contributed by atoms with Gasteiger partial charge in [0, 0.05) is 27.5 Å². The van der Waals surface area contributed by atoms with E-state index in [-0.39, 0.29) is 0 Å². The monoisotopic (exact) mass is 625 g/mol. The highest BCUT2D eigenvalue weighted by atomic mass is 16.3. The topological polar surface area (TPSA) is 51.8 Å². The van der Waals surface area contributed by atoms with Gasteiger partial charge in [-0.1, -0.05) is 140 Å². The first-order chi connectivity index (χ1) is 24.3. The van der Waals surface area contributed by atoms with E-state index in [9.17, 15) is 0 Å². The minimum Gasteiger partial charge on any atom is -0.456 e. The average Bonchev–Trinajstić information content (AvgIpc) is 3.57. The van der Waals surface area contributed by atoms with Gasteiger partial charge in [0.1, 0.15) is 11.2 Å². The predicted molar refractivity (Wildman–Crippen MR) is 201 cm³/mol. The Labute approximate surface area is 282 Å². The highest BCUT2D eigenvalue weighted by Crippen LogP contribution is 2.42. The third-order valence-electron chi connectivity index (χ3n) is 9.50. The maximum Gasteiger partial charge on any atom is 0.164 e. The van der Waals surface area contributed by atoms with Gasteiger partial charge in [-0.3, -0.25) is 0 Å². The molecule has 0 unspecified atom stereocenters. The lowest BCUT2D eigenvalue weighted by molar-refractivity contribution is 0.669. The van der Waals surface area contributed by atoms with Crippen LogP contribution < -0.4 is 0 Å². The lowest BCUT2D eigenvalue weighted by atomic mass is 9.95. The fourth-order valence-electron chi connectivity index (χ4n) is 7.22. The van der Waals surface area contributed by atoms with Gasteiger partial charge in [-0.15, -0.1) is 0 Å². The first kappa shape index (κ1) is 27.5. The summed E-state index contributed by atoms with van der Waals surface area (Å²) in [6, 6.07) is 56.9. The zero-order valence-corrected chi connectivity index (χ0v) is 26.3. The molecular weight excluding hydrogens is 599 g/mol. The first-order valence-corrected chi connectivity index (χ1v) is 16.4. The summed E-state index contributed by atoms with van der Waals surface area (Å²) in [7, 11) is 0. The van der Waals surface area contributed by atoms with Crippen LogP contribution in [0.15, 0.2) is 168 Å². The quantitative estimate of drug-likeness (QED) is 0.183. The minimum atomic E-state index is 0.600. The Bertz CT molecular complexity index is 2890. The van der Waals surface area contributed by atoms with Crippen LogP contribution in [0.1, 0.15) is 0 Å². The van der Waals surface area contributed by atoms with E-state index in [1.165, 1.54) is 21.5 Å². The molecule has 4 nitrogen and oxygen atoms in total. The molecule has 0 N–H and O–H groups in total. The number of nitrogens with zero attached hydrogens (tertiary/aromatic N) is 3. The number of furan rings is 1. The SMILES string of the molecule is c1ccc(-c2nc(-c3cc4ccccc4c4ccccc34)nc(-c3cccc4oc5cccc(-c6ccc7ccccc7c6)c5c34)n2)cc1. The summed E-state index contributed by atoms with van der Waals surface area (Å²) in [5.74, 6) is 1.85. The molecular formula is C45H27N3O. The summed E-state index contributed by atoms with van der Waals surface area (Å²) in [6.07, 6.45) is 0. The fraction of sp³-hybridized carbons (Fsp3) is 0. The molecule has 0 atom stereocenters. The molecule has 8 aromatic carbocycles. The van der Waals surface area contributed by atoms with Crippen molar-refractivity contribution in [1.29, 1.82) is 0 Å². The lowest BCUT2D eigenvalue weighted by Crippen LogP contribution is -2.01. The highest BCUT2D eigenvalue weighted by Gasteiger charge is 2.21. The smallest absolute Gasteiger partial charge is 0.164 e. The van der Waals surface area contributed by atoms with Crippen LogP contribution in [0, 0.1) is 0 Å². The number of benzene rings is 8. The molecule has 0 spiro atoms. The van der Waals surface area contributed by atoms with Gasteiger partial charge < -0.3 is 4.42 Å². The lowest BCUT2D eigenvalue weighted by Gasteiger charge is -2.13. The third-order valence-corrected chi connectivity index (χ3v) is 9.50. The van der Waals surface area contributed by atoms with Gasteiger partial charge >= 0.3 is 0 Å². The number of hydrogen-bond donors (Lipinski definition) is 0. The van der Waals surface area contributed by atoms with E-state index in [0.717, 1.165) is 60.5 Å². The second-order valence-electron chi connectivity index (χ2n) is 12.4. The summed E-state index contributed by atoms with van der Waals surface area (Å²) in [6.45, 7) is 0. The molecule has 0 amide bonds. The Balaban J connectivity index is 1.27. The first-order valence-electron chi connectivity index (χ1n) is 16.4. The Kier molecular flexibility index (Phi) is 6.15. The van der Waals surface area contributed by atoms with Crippen molar-refractivity contribution in [3.63, 3.8) is 0 Å². The zero-order chi connectivity index (χ0) is 32.3. The Morgan fingerprint density at radius 2 is 0.918 bits per heavy atom. The van der Waals surface area contributed by atoms with Gasteiger partial charge in [0.05, 0.1) is 0 Å². The van der Waals surface area contributed by atoms with Crippen molar-refractivity contribution in [2.75, 3.05) is 0 Å². The van der Waals surface area contributed by atoms with Crippen LogP contribution in [0.2, 0.25) is 0 Å². The summed E-state index contributed by atoms with van der Waals surface area (Å²) in [5, 5.41) is 9.05. The van der Waals surface area contributed by atoms with Gasteiger partial charge in [0.15, 0.2) is 17.5 Å². The van der Waals surface area contributed by atoms with Crippen LogP contribution in [-0.2, 0) is 0 Å². The predicted octanol–water partition coefficient (Wildman–Crippen LogP) is 11.9. The van der Waals surface area contributed by atoms with Gasteiger partial charge in [-0.25, -0.2) is 15.0 Å². The van der Waals surface area contributed by atoms with Crippen molar-refractivity contribution in [3.05, 3.63) is 164 Å². The molecule has 0 saturated heterocycles. The second kappa shape index (κ2) is 11.0. The maximum absolute atomic E-state index is 6.53. The number of rotatable bonds is 4. The summed E-state index contributed by atoms with van der Waals surface area (Å²) in [5.41, 5.74) is 6.65. The molecule has 0 aliphatic carbocycles.